The Morgan fingerprint density at radius 2 is 1.93 bits per heavy atom. The minimum absolute atomic E-state index is 0.0359. The van der Waals surface area contributed by atoms with Gasteiger partial charge in [0.15, 0.2) is 5.75 Å². The molecule has 28 heavy (non-hydrogen) atoms. The first-order chi connectivity index (χ1) is 13.0. The van der Waals surface area contributed by atoms with Crippen LogP contribution in [0.25, 0.3) is 11.0 Å². The molecule has 0 fully saturated rings. The lowest BCUT2D eigenvalue weighted by Gasteiger charge is -2.21. The Balaban J connectivity index is 2.21. The molecule has 0 aliphatic carbocycles. The highest BCUT2D eigenvalue weighted by atomic mass is 35.5. The third-order valence-corrected chi connectivity index (χ3v) is 3.99. The van der Waals surface area contributed by atoms with E-state index in [1.165, 1.54) is 19.1 Å². The summed E-state index contributed by atoms with van der Waals surface area (Å²) in [5, 5.41) is 3.27. The number of esters is 1. The van der Waals surface area contributed by atoms with Crippen molar-refractivity contribution in [2.24, 2.45) is 0 Å². The molecule has 0 aliphatic heterocycles. The second-order valence-electron chi connectivity index (χ2n) is 7.41. The van der Waals surface area contributed by atoms with Crippen LogP contribution < -0.4 is 15.7 Å². The van der Waals surface area contributed by atoms with Gasteiger partial charge in [0.05, 0.1) is 5.02 Å². The van der Waals surface area contributed by atoms with Crippen molar-refractivity contribution in [2.75, 3.05) is 0 Å². The topological polar surface area (TPSA) is 94.8 Å². The summed E-state index contributed by atoms with van der Waals surface area (Å²) in [4.78, 5) is 35.9. The quantitative estimate of drug-likeness (QED) is 0.451. The highest BCUT2D eigenvalue weighted by Gasteiger charge is 2.23. The van der Waals surface area contributed by atoms with Gasteiger partial charge in [0.2, 0.25) is 0 Å². The van der Waals surface area contributed by atoms with Crippen molar-refractivity contribution < 1.29 is 23.5 Å². The average molecular weight is 410 g/mol. The number of alkyl carbamates (subject to hydrolysis) is 1. The Morgan fingerprint density at radius 3 is 2.54 bits per heavy atom. The van der Waals surface area contributed by atoms with Crippen molar-refractivity contribution in [1.82, 2.24) is 5.32 Å². The van der Waals surface area contributed by atoms with Gasteiger partial charge >= 0.3 is 17.7 Å². The minimum Gasteiger partial charge on any atom is -0.444 e. The van der Waals surface area contributed by atoms with Gasteiger partial charge in [-0.25, -0.2) is 14.4 Å². The molecule has 1 N–H and O–H groups in total. The van der Waals surface area contributed by atoms with E-state index in [2.05, 4.69) is 5.32 Å². The molecule has 0 radical (unpaired) electrons. The van der Waals surface area contributed by atoms with Gasteiger partial charge in [0.25, 0.3) is 0 Å². The lowest BCUT2D eigenvalue weighted by molar-refractivity contribution is -0.136. The molecule has 1 heterocycles. The van der Waals surface area contributed by atoms with Crippen molar-refractivity contribution in [2.45, 2.75) is 59.1 Å². The molecule has 1 aromatic heterocycles. The van der Waals surface area contributed by atoms with Crippen LogP contribution in [0.5, 0.6) is 5.75 Å². The fraction of sp³-hybridized carbons (Fsp3) is 0.450. The lowest BCUT2D eigenvalue weighted by atomic mass is 10.1. The molecule has 1 aromatic carbocycles. The molecular weight excluding hydrogens is 386 g/mol. The zero-order valence-electron chi connectivity index (χ0n) is 16.6. The summed E-state index contributed by atoms with van der Waals surface area (Å²) < 4.78 is 15.6. The fourth-order valence-corrected chi connectivity index (χ4v) is 2.72. The summed E-state index contributed by atoms with van der Waals surface area (Å²) in [6.07, 6.45) is 0.798. The van der Waals surface area contributed by atoms with Crippen LogP contribution in [-0.4, -0.2) is 23.7 Å². The number of hydrogen-bond donors (Lipinski definition) is 1. The van der Waals surface area contributed by atoms with E-state index in [0.717, 1.165) is 12.0 Å². The summed E-state index contributed by atoms with van der Waals surface area (Å²) in [6, 6.07) is 3.45. The van der Waals surface area contributed by atoms with E-state index in [1.54, 1.807) is 26.8 Å². The molecule has 0 spiro atoms. The summed E-state index contributed by atoms with van der Waals surface area (Å²) in [5.74, 6) is -0.701. The Morgan fingerprint density at radius 1 is 1.25 bits per heavy atom. The molecule has 1 amide bonds. The number of ether oxygens (including phenoxy) is 2. The van der Waals surface area contributed by atoms with E-state index in [4.69, 9.17) is 25.5 Å². The zero-order chi connectivity index (χ0) is 21.1. The Bertz CT molecular complexity index is 944. The first-order valence-corrected chi connectivity index (χ1v) is 9.35. The van der Waals surface area contributed by atoms with Crippen LogP contribution in [0.1, 0.15) is 46.6 Å². The van der Waals surface area contributed by atoms with Crippen LogP contribution in [0, 0.1) is 0 Å². The number of nitrogens with one attached hydrogen (secondary N) is 1. The Hall–Kier alpha value is -2.54. The van der Waals surface area contributed by atoms with E-state index >= 15 is 0 Å². The van der Waals surface area contributed by atoms with Crippen LogP contribution in [0.4, 0.5) is 4.79 Å². The molecule has 1 unspecified atom stereocenters. The van der Waals surface area contributed by atoms with Crippen molar-refractivity contribution in [1.29, 1.82) is 0 Å². The molecule has 0 saturated carbocycles. The van der Waals surface area contributed by atoms with Crippen LogP contribution in [0.3, 0.4) is 0 Å². The van der Waals surface area contributed by atoms with E-state index in [0.29, 0.717) is 11.8 Å². The highest BCUT2D eigenvalue weighted by Crippen LogP contribution is 2.31. The predicted molar refractivity (Wildman–Crippen MR) is 106 cm³/mol. The first kappa shape index (κ1) is 21.8. The first-order valence-electron chi connectivity index (χ1n) is 8.97. The number of hydrogen-bond acceptors (Lipinski definition) is 6. The molecular formula is C20H24ClNO6. The van der Waals surface area contributed by atoms with Gasteiger partial charge in [0, 0.05) is 17.5 Å². The van der Waals surface area contributed by atoms with Crippen molar-refractivity contribution in [3.63, 3.8) is 0 Å². The predicted octanol–water partition coefficient (Wildman–Crippen LogP) is 4.22. The van der Waals surface area contributed by atoms with E-state index < -0.39 is 29.3 Å². The third-order valence-electron chi connectivity index (χ3n) is 3.70. The number of amides is 1. The van der Waals surface area contributed by atoms with Crippen molar-refractivity contribution in [3.05, 3.63) is 39.2 Å². The molecule has 0 aliphatic rings. The maximum absolute atomic E-state index is 12.3. The molecule has 7 nitrogen and oxygen atoms in total. The number of halogens is 1. The molecule has 8 heteroatoms. The third kappa shape index (κ3) is 5.73. The number of aryl methyl sites for hydroxylation is 1. The molecule has 1 atom stereocenters. The van der Waals surface area contributed by atoms with Gasteiger partial charge in [-0.15, -0.1) is 0 Å². The molecule has 152 valence electrons. The van der Waals surface area contributed by atoms with Crippen LogP contribution in [0.15, 0.2) is 27.4 Å². The largest absolute Gasteiger partial charge is 0.444 e. The summed E-state index contributed by atoms with van der Waals surface area (Å²) in [6.45, 7) is 8.60. The van der Waals surface area contributed by atoms with Gasteiger partial charge in [-0.2, -0.15) is 0 Å². The van der Waals surface area contributed by atoms with Gasteiger partial charge < -0.3 is 19.2 Å². The number of benzene rings is 1. The molecule has 2 rings (SSSR count). The molecule has 2 aromatic rings. The Kier molecular flexibility index (Phi) is 6.72. The van der Waals surface area contributed by atoms with Crippen molar-refractivity contribution >= 4 is 34.6 Å². The summed E-state index contributed by atoms with van der Waals surface area (Å²) in [7, 11) is 0. The van der Waals surface area contributed by atoms with E-state index in [9.17, 15) is 14.4 Å². The van der Waals surface area contributed by atoms with Gasteiger partial charge in [-0.3, -0.25) is 0 Å². The van der Waals surface area contributed by atoms with Crippen LogP contribution >= 0.6 is 11.6 Å². The van der Waals surface area contributed by atoms with Crippen molar-refractivity contribution in [3.8, 4) is 5.75 Å². The second-order valence-corrected chi connectivity index (χ2v) is 7.82. The highest BCUT2D eigenvalue weighted by molar-refractivity contribution is 6.33. The Labute approximate surface area is 167 Å². The van der Waals surface area contributed by atoms with E-state index in [-0.39, 0.29) is 16.4 Å². The molecule has 0 bridgehead atoms. The van der Waals surface area contributed by atoms with Gasteiger partial charge in [-0.05, 0) is 45.7 Å². The normalized spacial score (nSPS) is 12.5. The molecule has 0 saturated heterocycles. The number of fused-ring (bicyclic) bond motifs is 1. The summed E-state index contributed by atoms with van der Waals surface area (Å²) in [5.41, 5.74) is -0.0942. The van der Waals surface area contributed by atoms with Gasteiger partial charge in [0.1, 0.15) is 17.2 Å². The smallest absolute Gasteiger partial charge is 0.408 e. The van der Waals surface area contributed by atoms with Crippen LogP contribution in [0.2, 0.25) is 5.02 Å². The summed E-state index contributed by atoms with van der Waals surface area (Å²) >= 11 is 6.25. The number of carbonyl (C=O) groups excluding carboxylic acids is 2. The second kappa shape index (κ2) is 8.65. The SMILES string of the molecule is CCCc1cc(=O)oc2cc(OC(=O)C(C)NC(=O)OC(C)(C)C)c(Cl)cc12. The number of carbonyl (C=O) groups is 2. The fourth-order valence-electron chi connectivity index (χ4n) is 2.52. The maximum Gasteiger partial charge on any atom is 0.408 e. The monoisotopic (exact) mass is 409 g/mol. The van der Waals surface area contributed by atoms with Crippen LogP contribution in [-0.2, 0) is 16.0 Å². The standard InChI is InChI=1S/C20H24ClNO6/c1-6-7-12-8-17(23)26-15-10-16(14(21)9-13(12)15)27-18(24)11(2)22-19(25)28-20(3,4)5/h8-11H,6-7H2,1-5H3,(H,22,25). The number of rotatable bonds is 5. The maximum atomic E-state index is 12.3. The zero-order valence-corrected chi connectivity index (χ0v) is 17.3. The average Bonchev–Trinajstić information content (AvgIpc) is 2.54. The van der Waals surface area contributed by atoms with Gasteiger partial charge in [-0.1, -0.05) is 24.9 Å². The lowest BCUT2D eigenvalue weighted by Crippen LogP contribution is -2.43. The minimum atomic E-state index is -0.972. The van der Waals surface area contributed by atoms with E-state index in [1.807, 2.05) is 6.92 Å².